The molecule has 1 aliphatic heterocycles. The van der Waals surface area contributed by atoms with Crippen LogP contribution in [-0.4, -0.2) is 6.61 Å². The number of rotatable bonds is 0. The molecule has 2 N–H and O–H groups in total. The second kappa shape index (κ2) is 3.28. The summed E-state index contributed by atoms with van der Waals surface area (Å²) in [6.45, 7) is 0.403. The monoisotopic (exact) mass is 192 g/mol. The lowest BCUT2D eigenvalue weighted by Gasteiger charge is -2.23. The van der Waals surface area contributed by atoms with Gasteiger partial charge < -0.3 is 10.5 Å². The molecule has 14 heavy (non-hydrogen) atoms. The fourth-order valence-corrected chi connectivity index (χ4v) is 1.62. The Balaban J connectivity index is 2.65. The molecule has 0 unspecified atom stereocenters. The van der Waals surface area contributed by atoms with Crippen LogP contribution in [0.15, 0.2) is 12.1 Å². The van der Waals surface area contributed by atoms with Crippen LogP contribution in [-0.2, 0) is 0 Å². The molecule has 2 rings (SSSR count). The van der Waals surface area contributed by atoms with Gasteiger partial charge in [0.25, 0.3) is 0 Å². The zero-order valence-corrected chi connectivity index (χ0v) is 7.46. The molecule has 0 spiro atoms. The van der Waals surface area contributed by atoms with Crippen LogP contribution in [0.25, 0.3) is 0 Å². The zero-order chi connectivity index (χ0) is 10.1. The Kier molecular flexibility index (Phi) is 2.10. The van der Waals surface area contributed by atoms with Crippen molar-refractivity contribution < 1.29 is 9.13 Å². The van der Waals surface area contributed by atoms with Crippen molar-refractivity contribution in [1.82, 2.24) is 0 Å². The first-order valence-electron chi connectivity index (χ1n) is 4.35. The third-order valence-corrected chi connectivity index (χ3v) is 2.31. The van der Waals surface area contributed by atoms with E-state index >= 15 is 0 Å². The molecule has 0 amide bonds. The molecule has 0 radical (unpaired) electrons. The van der Waals surface area contributed by atoms with Gasteiger partial charge in [0, 0.05) is 18.0 Å². The van der Waals surface area contributed by atoms with Crippen LogP contribution in [0, 0.1) is 17.1 Å². The van der Waals surface area contributed by atoms with Crippen molar-refractivity contribution >= 4 is 0 Å². The number of nitriles is 1. The lowest BCUT2D eigenvalue weighted by Crippen LogP contribution is -2.22. The van der Waals surface area contributed by atoms with E-state index in [0.717, 1.165) is 0 Å². The van der Waals surface area contributed by atoms with E-state index in [1.54, 1.807) is 0 Å². The summed E-state index contributed by atoms with van der Waals surface area (Å²) in [5.74, 6) is -0.308. The average Bonchev–Trinajstić information content (AvgIpc) is 2.20. The van der Waals surface area contributed by atoms with E-state index < -0.39 is 5.82 Å². The maximum absolute atomic E-state index is 13.3. The van der Waals surface area contributed by atoms with E-state index in [1.165, 1.54) is 12.1 Å². The number of ether oxygens (including phenoxy) is 1. The van der Waals surface area contributed by atoms with Crippen molar-refractivity contribution in [3.63, 3.8) is 0 Å². The van der Waals surface area contributed by atoms with Crippen molar-refractivity contribution in [2.45, 2.75) is 12.5 Å². The molecule has 0 aromatic heterocycles. The topological polar surface area (TPSA) is 59.0 Å². The summed E-state index contributed by atoms with van der Waals surface area (Å²) in [4.78, 5) is 0. The van der Waals surface area contributed by atoms with Crippen molar-refractivity contribution in [2.75, 3.05) is 6.61 Å². The van der Waals surface area contributed by atoms with Gasteiger partial charge >= 0.3 is 0 Å². The van der Waals surface area contributed by atoms with E-state index in [2.05, 4.69) is 0 Å². The van der Waals surface area contributed by atoms with Gasteiger partial charge in [-0.25, -0.2) is 4.39 Å². The molecule has 0 fully saturated rings. The first-order chi connectivity index (χ1) is 6.74. The summed E-state index contributed by atoms with van der Waals surface area (Å²) in [7, 11) is 0. The van der Waals surface area contributed by atoms with Gasteiger partial charge in [-0.3, -0.25) is 0 Å². The van der Waals surface area contributed by atoms with Gasteiger partial charge in [-0.15, -0.1) is 0 Å². The minimum absolute atomic E-state index is 0.141. The van der Waals surface area contributed by atoms with Gasteiger partial charge in [-0.05, 0) is 12.1 Å². The molecular weight excluding hydrogens is 183 g/mol. The normalized spacial score (nSPS) is 19.4. The second-order valence-corrected chi connectivity index (χ2v) is 3.19. The SMILES string of the molecule is N#Cc1ccc(F)c2c1[C@H](N)CCO2. The highest BCUT2D eigenvalue weighted by Crippen LogP contribution is 2.35. The van der Waals surface area contributed by atoms with Crippen molar-refractivity contribution in [1.29, 1.82) is 5.26 Å². The molecule has 3 nitrogen and oxygen atoms in total. The number of halogens is 1. The van der Waals surface area contributed by atoms with Crippen LogP contribution in [0.1, 0.15) is 23.6 Å². The molecule has 0 saturated heterocycles. The summed E-state index contributed by atoms with van der Waals surface area (Å²) in [6, 6.07) is 4.35. The number of benzene rings is 1. The lowest BCUT2D eigenvalue weighted by molar-refractivity contribution is 0.255. The summed E-state index contributed by atoms with van der Waals surface area (Å²) in [6.07, 6.45) is 0.616. The molecule has 0 saturated carbocycles. The highest BCUT2D eigenvalue weighted by Gasteiger charge is 2.24. The number of nitrogens with zero attached hydrogens (tertiary/aromatic N) is 1. The van der Waals surface area contributed by atoms with Gasteiger partial charge in [-0.1, -0.05) is 0 Å². The maximum atomic E-state index is 13.3. The van der Waals surface area contributed by atoms with Gasteiger partial charge in [0.1, 0.15) is 0 Å². The summed E-state index contributed by atoms with van der Waals surface area (Å²) >= 11 is 0. The van der Waals surface area contributed by atoms with Crippen molar-refractivity contribution in [3.05, 3.63) is 29.1 Å². The van der Waals surface area contributed by atoms with Crippen LogP contribution in [0.2, 0.25) is 0 Å². The molecule has 1 aliphatic rings. The predicted molar refractivity (Wildman–Crippen MR) is 48.2 cm³/mol. The van der Waals surface area contributed by atoms with Gasteiger partial charge in [0.2, 0.25) is 0 Å². The van der Waals surface area contributed by atoms with Crippen LogP contribution < -0.4 is 10.5 Å². The van der Waals surface area contributed by atoms with E-state index in [1.807, 2.05) is 6.07 Å². The number of fused-ring (bicyclic) bond motifs is 1. The maximum Gasteiger partial charge on any atom is 0.165 e. The molecule has 72 valence electrons. The number of hydrogen-bond acceptors (Lipinski definition) is 3. The Morgan fingerprint density at radius 3 is 3.07 bits per heavy atom. The molecule has 1 aromatic carbocycles. The Hall–Kier alpha value is -1.60. The second-order valence-electron chi connectivity index (χ2n) is 3.19. The summed E-state index contributed by atoms with van der Waals surface area (Å²) in [5.41, 5.74) is 6.69. The molecule has 0 bridgehead atoms. The predicted octanol–water partition coefficient (Wildman–Crippen LogP) is 1.48. The summed E-state index contributed by atoms with van der Waals surface area (Å²) < 4.78 is 18.4. The quantitative estimate of drug-likeness (QED) is 0.677. The molecule has 0 aliphatic carbocycles. The van der Waals surface area contributed by atoms with Crippen LogP contribution >= 0.6 is 0 Å². The van der Waals surface area contributed by atoms with E-state index in [4.69, 9.17) is 15.7 Å². The summed E-state index contributed by atoms with van der Waals surface area (Å²) in [5, 5.41) is 8.82. The fourth-order valence-electron chi connectivity index (χ4n) is 1.62. The van der Waals surface area contributed by atoms with Crippen LogP contribution in [0.3, 0.4) is 0 Å². The van der Waals surface area contributed by atoms with E-state index in [9.17, 15) is 4.39 Å². The van der Waals surface area contributed by atoms with Crippen LogP contribution in [0.5, 0.6) is 5.75 Å². The number of nitrogens with two attached hydrogens (primary N) is 1. The molecule has 4 heteroatoms. The van der Waals surface area contributed by atoms with Gasteiger partial charge in [-0.2, -0.15) is 5.26 Å². The Morgan fingerprint density at radius 2 is 2.36 bits per heavy atom. The standard InChI is InChI=1S/C10H9FN2O/c11-7-2-1-6(5-12)9-8(13)3-4-14-10(7)9/h1-2,8H,3-4,13H2/t8-/m1/s1. The first kappa shape index (κ1) is 8.97. The largest absolute Gasteiger partial charge is 0.490 e. The van der Waals surface area contributed by atoms with Crippen molar-refractivity contribution in [3.8, 4) is 11.8 Å². The van der Waals surface area contributed by atoms with Gasteiger partial charge in [0.05, 0.1) is 18.2 Å². The first-order valence-corrected chi connectivity index (χ1v) is 4.35. The average molecular weight is 192 g/mol. The Bertz CT molecular complexity index is 411. The Labute approximate surface area is 80.9 Å². The third kappa shape index (κ3) is 1.22. The third-order valence-electron chi connectivity index (χ3n) is 2.31. The minimum atomic E-state index is -0.450. The van der Waals surface area contributed by atoms with Gasteiger partial charge in [0.15, 0.2) is 11.6 Å². The van der Waals surface area contributed by atoms with Crippen molar-refractivity contribution in [2.24, 2.45) is 5.73 Å². The number of hydrogen-bond donors (Lipinski definition) is 1. The Morgan fingerprint density at radius 1 is 1.57 bits per heavy atom. The highest BCUT2D eigenvalue weighted by atomic mass is 19.1. The lowest BCUT2D eigenvalue weighted by atomic mass is 9.96. The smallest absolute Gasteiger partial charge is 0.165 e. The highest BCUT2D eigenvalue weighted by molar-refractivity contribution is 5.50. The van der Waals surface area contributed by atoms with Crippen LogP contribution in [0.4, 0.5) is 4.39 Å². The van der Waals surface area contributed by atoms with E-state index in [-0.39, 0.29) is 11.8 Å². The fraction of sp³-hybridized carbons (Fsp3) is 0.300. The zero-order valence-electron chi connectivity index (χ0n) is 7.46. The molecule has 1 atom stereocenters. The molecule has 1 aromatic rings. The molecule has 1 heterocycles. The minimum Gasteiger partial charge on any atom is -0.490 e. The van der Waals surface area contributed by atoms with E-state index in [0.29, 0.717) is 24.2 Å². The molecular formula is C10H9FN2O.